The number of rotatable bonds is 5. The Morgan fingerprint density at radius 1 is 0.893 bits per heavy atom. The molecule has 0 spiro atoms. The number of likely N-dealkylation sites (tertiary alicyclic amines) is 1. The largest absolute Gasteiger partial charge is 0.301 e. The molecule has 28 heavy (non-hydrogen) atoms. The van der Waals surface area contributed by atoms with E-state index in [-0.39, 0.29) is 0 Å². The lowest BCUT2D eigenvalue weighted by atomic mass is 10.1. The first-order valence-electron chi connectivity index (χ1n) is 9.76. The van der Waals surface area contributed by atoms with Gasteiger partial charge in [-0.1, -0.05) is 24.6 Å². The molecule has 1 aliphatic heterocycles. The minimum Gasteiger partial charge on any atom is -0.301 e. The molecule has 4 heterocycles. The Kier molecular flexibility index (Phi) is 4.54. The molecule has 3 aromatic heterocycles. The summed E-state index contributed by atoms with van der Waals surface area (Å²) in [7, 11) is 0. The summed E-state index contributed by atoms with van der Waals surface area (Å²) in [5.74, 6) is 0.645. The van der Waals surface area contributed by atoms with Crippen LogP contribution in [-0.2, 0) is 6.54 Å². The summed E-state index contributed by atoms with van der Waals surface area (Å²) < 4.78 is 1.84. The van der Waals surface area contributed by atoms with Crippen molar-refractivity contribution in [2.75, 3.05) is 19.6 Å². The molecule has 8 heteroatoms. The lowest BCUT2D eigenvalue weighted by Crippen LogP contribution is -2.33. The number of nitrogens with zero attached hydrogens (tertiary/aromatic N) is 8. The second-order valence-electron chi connectivity index (χ2n) is 7.12. The zero-order valence-corrected chi connectivity index (χ0v) is 15.6. The summed E-state index contributed by atoms with van der Waals surface area (Å²) in [5.41, 5.74) is 3.79. The van der Waals surface area contributed by atoms with E-state index in [1.54, 1.807) is 17.2 Å². The molecule has 0 atom stereocenters. The van der Waals surface area contributed by atoms with Crippen LogP contribution in [0.3, 0.4) is 0 Å². The number of hydrogen-bond donors (Lipinski definition) is 0. The third kappa shape index (κ3) is 3.38. The highest BCUT2D eigenvalue weighted by atomic mass is 15.6. The Morgan fingerprint density at radius 2 is 1.79 bits per heavy atom. The third-order valence-corrected chi connectivity index (χ3v) is 5.22. The molecule has 0 unspecified atom stereocenters. The van der Waals surface area contributed by atoms with Crippen LogP contribution in [0, 0.1) is 0 Å². The van der Waals surface area contributed by atoms with Crippen LogP contribution in [0.1, 0.15) is 19.3 Å². The fourth-order valence-electron chi connectivity index (χ4n) is 3.74. The normalized spacial score (nSPS) is 15.3. The molecule has 8 nitrogen and oxygen atoms in total. The Hall–Kier alpha value is -3.13. The molecule has 0 bridgehead atoms. The molecule has 0 aliphatic carbocycles. The lowest BCUT2D eigenvalue weighted by Gasteiger charge is -2.25. The highest BCUT2D eigenvalue weighted by molar-refractivity contribution is 5.69. The Bertz CT molecular complexity index is 1080. The van der Waals surface area contributed by atoms with Gasteiger partial charge in [-0.3, -0.25) is 0 Å². The minimum absolute atomic E-state index is 0.645. The van der Waals surface area contributed by atoms with Gasteiger partial charge in [0, 0.05) is 29.9 Å². The summed E-state index contributed by atoms with van der Waals surface area (Å²) in [5, 5.41) is 17.5. The maximum absolute atomic E-state index is 4.59. The van der Waals surface area contributed by atoms with E-state index >= 15 is 0 Å². The summed E-state index contributed by atoms with van der Waals surface area (Å²) in [6, 6.07) is 12.0. The van der Waals surface area contributed by atoms with Gasteiger partial charge in [-0.15, -0.1) is 10.2 Å². The average Bonchev–Trinajstić information content (AvgIpc) is 3.42. The van der Waals surface area contributed by atoms with Crippen molar-refractivity contribution >= 4 is 5.65 Å². The third-order valence-electron chi connectivity index (χ3n) is 5.22. The van der Waals surface area contributed by atoms with Crippen LogP contribution in [0.4, 0.5) is 0 Å². The highest BCUT2D eigenvalue weighted by Gasteiger charge is 2.12. The van der Waals surface area contributed by atoms with E-state index in [0.29, 0.717) is 5.82 Å². The monoisotopic (exact) mass is 374 g/mol. The van der Waals surface area contributed by atoms with Crippen molar-refractivity contribution in [3.63, 3.8) is 0 Å². The Balaban J connectivity index is 1.36. The van der Waals surface area contributed by atoms with Crippen LogP contribution in [-0.4, -0.2) is 59.3 Å². The summed E-state index contributed by atoms with van der Waals surface area (Å²) in [4.78, 5) is 8.51. The van der Waals surface area contributed by atoms with E-state index in [9.17, 15) is 0 Å². The quantitative estimate of drug-likeness (QED) is 0.534. The van der Waals surface area contributed by atoms with E-state index < -0.39 is 0 Å². The van der Waals surface area contributed by atoms with Gasteiger partial charge in [0.05, 0.1) is 18.4 Å². The van der Waals surface area contributed by atoms with Gasteiger partial charge in [0.25, 0.3) is 0 Å². The average molecular weight is 374 g/mol. The van der Waals surface area contributed by atoms with Crippen molar-refractivity contribution < 1.29 is 0 Å². The number of fused-ring (bicyclic) bond motifs is 1. The first kappa shape index (κ1) is 17.0. The molecule has 142 valence electrons. The topological polar surface area (TPSA) is 77.0 Å². The maximum atomic E-state index is 4.59. The zero-order chi connectivity index (χ0) is 18.8. The number of piperidine rings is 1. The molecule has 1 aliphatic rings. The first-order valence-corrected chi connectivity index (χ1v) is 9.76. The van der Waals surface area contributed by atoms with E-state index in [1.807, 2.05) is 28.8 Å². The molecule has 1 saturated heterocycles. The standard InChI is InChI=1S/C20H22N8/c1-2-11-26(12-3-1)13-14-27-24-20(23-25-27)17-6-4-5-16(15-17)18-7-9-21-19-8-10-22-28(18)19/h4-10,15H,1-3,11-14H2. The molecule has 5 rings (SSSR count). The number of hydrogen-bond acceptors (Lipinski definition) is 6. The van der Waals surface area contributed by atoms with Crippen LogP contribution in [0.15, 0.2) is 48.8 Å². The van der Waals surface area contributed by atoms with Crippen molar-refractivity contribution in [2.24, 2.45) is 0 Å². The number of benzene rings is 1. The van der Waals surface area contributed by atoms with Crippen LogP contribution in [0.2, 0.25) is 0 Å². The smallest absolute Gasteiger partial charge is 0.204 e. The van der Waals surface area contributed by atoms with Gasteiger partial charge in [0.1, 0.15) is 0 Å². The molecular formula is C20H22N8. The fourth-order valence-corrected chi connectivity index (χ4v) is 3.74. The van der Waals surface area contributed by atoms with Crippen molar-refractivity contribution in [1.82, 2.24) is 39.7 Å². The van der Waals surface area contributed by atoms with Crippen LogP contribution in [0.25, 0.3) is 28.3 Å². The van der Waals surface area contributed by atoms with Crippen molar-refractivity contribution in [1.29, 1.82) is 0 Å². The molecule has 0 N–H and O–H groups in total. The van der Waals surface area contributed by atoms with Gasteiger partial charge < -0.3 is 4.90 Å². The molecule has 0 saturated carbocycles. The van der Waals surface area contributed by atoms with Crippen LogP contribution in [0.5, 0.6) is 0 Å². The molecule has 0 amide bonds. The first-order chi connectivity index (χ1) is 13.9. The molecule has 4 aromatic rings. The lowest BCUT2D eigenvalue weighted by molar-refractivity contribution is 0.213. The Morgan fingerprint density at radius 3 is 2.71 bits per heavy atom. The van der Waals surface area contributed by atoms with Gasteiger partial charge in [0.2, 0.25) is 5.82 Å². The fraction of sp³-hybridized carbons (Fsp3) is 0.350. The zero-order valence-electron chi connectivity index (χ0n) is 15.6. The predicted molar refractivity (Wildman–Crippen MR) is 106 cm³/mol. The molecule has 1 aromatic carbocycles. The summed E-state index contributed by atoms with van der Waals surface area (Å²) in [6.45, 7) is 4.10. The van der Waals surface area contributed by atoms with E-state index in [1.165, 1.54) is 32.4 Å². The van der Waals surface area contributed by atoms with Gasteiger partial charge in [-0.25, -0.2) is 9.50 Å². The molecular weight excluding hydrogens is 352 g/mol. The predicted octanol–water partition coefficient (Wildman–Crippen LogP) is 2.54. The number of tetrazole rings is 1. The van der Waals surface area contributed by atoms with Gasteiger partial charge in [0.15, 0.2) is 5.65 Å². The van der Waals surface area contributed by atoms with Crippen molar-refractivity contribution in [3.05, 3.63) is 48.8 Å². The van der Waals surface area contributed by atoms with E-state index in [0.717, 1.165) is 35.6 Å². The van der Waals surface area contributed by atoms with Gasteiger partial charge in [-0.2, -0.15) is 9.90 Å². The van der Waals surface area contributed by atoms with Crippen LogP contribution < -0.4 is 0 Å². The second kappa shape index (κ2) is 7.47. The van der Waals surface area contributed by atoms with Crippen LogP contribution >= 0.6 is 0 Å². The van der Waals surface area contributed by atoms with E-state index in [4.69, 9.17) is 0 Å². The maximum Gasteiger partial charge on any atom is 0.204 e. The second-order valence-corrected chi connectivity index (χ2v) is 7.12. The van der Waals surface area contributed by atoms with E-state index in [2.05, 4.69) is 42.5 Å². The number of aromatic nitrogens is 7. The Labute approximate surface area is 162 Å². The van der Waals surface area contributed by atoms with Crippen molar-refractivity contribution in [3.8, 4) is 22.6 Å². The summed E-state index contributed by atoms with van der Waals surface area (Å²) >= 11 is 0. The summed E-state index contributed by atoms with van der Waals surface area (Å²) in [6.07, 6.45) is 7.49. The molecule has 0 radical (unpaired) electrons. The van der Waals surface area contributed by atoms with Gasteiger partial charge in [-0.05, 0) is 43.3 Å². The van der Waals surface area contributed by atoms with Gasteiger partial charge >= 0.3 is 0 Å². The van der Waals surface area contributed by atoms with Crippen molar-refractivity contribution in [2.45, 2.75) is 25.8 Å². The molecule has 1 fully saturated rings. The highest BCUT2D eigenvalue weighted by Crippen LogP contribution is 2.24. The minimum atomic E-state index is 0.645. The SMILES string of the molecule is c1cc(-c2nnn(CCN3CCCCC3)n2)cc(-c2ccnc3ccnn23)c1.